The number of hydrogen-bond acceptors (Lipinski definition) is 5. The van der Waals surface area contributed by atoms with Crippen LogP contribution in [0.4, 0.5) is 0 Å². The molecule has 0 saturated carbocycles. The first kappa shape index (κ1) is 15.9. The number of hydrogen-bond donors (Lipinski definition) is 1. The normalized spacial score (nSPS) is 16.4. The molecule has 0 aromatic heterocycles. The van der Waals surface area contributed by atoms with Crippen LogP contribution in [-0.4, -0.2) is 31.4 Å². The summed E-state index contributed by atoms with van der Waals surface area (Å²) >= 11 is 0. The minimum atomic E-state index is -0.734. The lowest BCUT2D eigenvalue weighted by Gasteiger charge is -2.24. The third-order valence-corrected chi connectivity index (χ3v) is 3.62. The fourth-order valence-electron chi connectivity index (χ4n) is 2.27. The minimum absolute atomic E-state index is 0.149. The number of ether oxygens (including phenoxy) is 3. The first-order chi connectivity index (χ1) is 11.7. The highest BCUT2D eigenvalue weighted by atomic mass is 16.6. The lowest BCUT2D eigenvalue weighted by atomic mass is 10.1. The third-order valence-electron chi connectivity index (χ3n) is 3.62. The maximum Gasteiger partial charge on any atom is 0.284 e. The van der Waals surface area contributed by atoms with Crippen molar-refractivity contribution in [2.45, 2.75) is 13.0 Å². The average molecular weight is 326 g/mol. The van der Waals surface area contributed by atoms with Crippen molar-refractivity contribution in [3.63, 3.8) is 0 Å². The van der Waals surface area contributed by atoms with Gasteiger partial charge in [0.15, 0.2) is 11.5 Å². The number of rotatable bonds is 4. The zero-order valence-corrected chi connectivity index (χ0v) is 13.5. The molecule has 1 atom stereocenters. The molecule has 1 aliphatic heterocycles. The summed E-state index contributed by atoms with van der Waals surface area (Å²) in [4.78, 5) is 12.2. The molecular weight excluding hydrogens is 308 g/mol. The average Bonchev–Trinajstić information content (AvgIpc) is 2.65. The molecule has 0 aliphatic carbocycles. The fourth-order valence-corrected chi connectivity index (χ4v) is 2.27. The van der Waals surface area contributed by atoms with Gasteiger partial charge in [0, 0.05) is 5.56 Å². The number of hydrazone groups is 1. The predicted molar refractivity (Wildman–Crippen MR) is 89.7 cm³/mol. The standard InChI is InChI=1S/C18H18N2O4/c1-12(13-6-5-7-14(10-13)22-2)19-20-18(21)17-11-23-15-8-3-4-9-16(15)24-17/h3-10,17H,11H2,1-2H3,(H,20,21)/b19-12-/t17-/m1/s1. The van der Waals surface area contributed by atoms with E-state index >= 15 is 0 Å². The van der Waals surface area contributed by atoms with E-state index in [1.54, 1.807) is 19.2 Å². The number of amides is 1. The van der Waals surface area contributed by atoms with Crippen molar-refractivity contribution >= 4 is 11.6 Å². The second-order valence-electron chi connectivity index (χ2n) is 5.27. The molecule has 1 amide bonds. The van der Waals surface area contributed by atoms with Crippen LogP contribution in [-0.2, 0) is 4.79 Å². The number of para-hydroxylation sites is 2. The number of benzene rings is 2. The smallest absolute Gasteiger partial charge is 0.284 e. The second-order valence-corrected chi connectivity index (χ2v) is 5.27. The number of fused-ring (bicyclic) bond motifs is 1. The van der Waals surface area contributed by atoms with Crippen molar-refractivity contribution in [3.8, 4) is 17.2 Å². The highest BCUT2D eigenvalue weighted by Gasteiger charge is 2.27. The van der Waals surface area contributed by atoms with Gasteiger partial charge in [0.25, 0.3) is 5.91 Å². The molecule has 0 radical (unpaired) electrons. The lowest BCUT2D eigenvalue weighted by Crippen LogP contribution is -2.42. The van der Waals surface area contributed by atoms with E-state index in [1.807, 2.05) is 43.3 Å². The summed E-state index contributed by atoms with van der Waals surface area (Å²) in [6.45, 7) is 1.96. The molecule has 1 N–H and O–H groups in total. The molecule has 24 heavy (non-hydrogen) atoms. The van der Waals surface area contributed by atoms with E-state index in [-0.39, 0.29) is 12.5 Å². The number of methoxy groups -OCH3 is 1. The van der Waals surface area contributed by atoms with Crippen molar-refractivity contribution in [2.75, 3.05) is 13.7 Å². The first-order valence-electron chi connectivity index (χ1n) is 7.54. The van der Waals surface area contributed by atoms with Gasteiger partial charge in [-0.2, -0.15) is 5.10 Å². The Morgan fingerprint density at radius 3 is 2.79 bits per heavy atom. The Kier molecular flexibility index (Phi) is 4.65. The van der Waals surface area contributed by atoms with Gasteiger partial charge in [0.05, 0.1) is 12.8 Å². The Morgan fingerprint density at radius 1 is 1.21 bits per heavy atom. The van der Waals surface area contributed by atoms with Gasteiger partial charge in [-0.3, -0.25) is 4.79 Å². The van der Waals surface area contributed by atoms with Crippen molar-refractivity contribution < 1.29 is 19.0 Å². The lowest BCUT2D eigenvalue weighted by molar-refractivity contribution is -0.130. The van der Waals surface area contributed by atoms with E-state index in [1.165, 1.54) is 0 Å². The summed E-state index contributed by atoms with van der Waals surface area (Å²) in [6, 6.07) is 14.7. The van der Waals surface area contributed by atoms with Crippen LogP contribution < -0.4 is 19.6 Å². The van der Waals surface area contributed by atoms with Crippen LogP contribution in [0.5, 0.6) is 17.2 Å². The van der Waals surface area contributed by atoms with Gasteiger partial charge in [-0.05, 0) is 31.2 Å². The first-order valence-corrected chi connectivity index (χ1v) is 7.54. The van der Waals surface area contributed by atoms with Crippen LogP contribution in [0, 0.1) is 0 Å². The molecule has 3 rings (SSSR count). The molecule has 1 heterocycles. The molecule has 2 aromatic rings. The van der Waals surface area contributed by atoms with E-state index in [2.05, 4.69) is 10.5 Å². The topological polar surface area (TPSA) is 69.2 Å². The second kappa shape index (κ2) is 7.04. The molecule has 1 aliphatic rings. The molecule has 0 bridgehead atoms. The Hall–Kier alpha value is -3.02. The van der Waals surface area contributed by atoms with E-state index < -0.39 is 6.10 Å². The molecular formula is C18H18N2O4. The van der Waals surface area contributed by atoms with Gasteiger partial charge in [-0.15, -0.1) is 0 Å². The van der Waals surface area contributed by atoms with Gasteiger partial charge in [0.1, 0.15) is 12.4 Å². The van der Waals surface area contributed by atoms with Gasteiger partial charge >= 0.3 is 0 Å². The number of carbonyl (C=O) groups is 1. The zero-order valence-electron chi connectivity index (χ0n) is 13.5. The Balaban J connectivity index is 1.65. The summed E-state index contributed by atoms with van der Waals surface area (Å²) < 4.78 is 16.4. The van der Waals surface area contributed by atoms with Gasteiger partial charge in [0.2, 0.25) is 6.10 Å². The van der Waals surface area contributed by atoms with E-state index in [0.29, 0.717) is 17.2 Å². The maximum absolute atomic E-state index is 12.2. The number of carbonyl (C=O) groups excluding carboxylic acids is 1. The van der Waals surface area contributed by atoms with Gasteiger partial charge < -0.3 is 14.2 Å². The summed E-state index contributed by atoms with van der Waals surface area (Å²) in [5, 5.41) is 4.13. The van der Waals surface area contributed by atoms with Crippen LogP contribution in [0.2, 0.25) is 0 Å². The molecule has 124 valence electrons. The van der Waals surface area contributed by atoms with E-state index in [0.717, 1.165) is 11.3 Å². The van der Waals surface area contributed by atoms with Gasteiger partial charge in [-0.25, -0.2) is 5.43 Å². The Morgan fingerprint density at radius 2 is 2.00 bits per heavy atom. The van der Waals surface area contributed by atoms with Crippen molar-refractivity contribution in [3.05, 3.63) is 54.1 Å². The monoisotopic (exact) mass is 326 g/mol. The molecule has 0 unspecified atom stereocenters. The SMILES string of the molecule is COc1cccc(/C(C)=N\NC(=O)[C@H]2COc3ccccc3O2)c1. The highest BCUT2D eigenvalue weighted by Crippen LogP contribution is 2.30. The predicted octanol–water partition coefficient (Wildman–Crippen LogP) is 2.38. The molecule has 6 nitrogen and oxygen atoms in total. The number of nitrogens with zero attached hydrogens (tertiary/aromatic N) is 1. The van der Waals surface area contributed by atoms with Gasteiger partial charge in [-0.1, -0.05) is 24.3 Å². The molecule has 0 saturated heterocycles. The largest absolute Gasteiger partial charge is 0.497 e. The zero-order chi connectivity index (χ0) is 16.9. The van der Waals surface area contributed by atoms with E-state index in [4.69, 9.17) is 14.2 Å². The summed E-state index contributed by atoms with van der Waals surface area (Å²) in [7, 11) is 1.60. The van der Waals surface area contributed by atoms with E-state index in [9.17, 15) is 4.79 Å². The van der Waals surface area contributed by atoms with Crippen LogP contribution >= 0.6 is 0 Å². The highest BCUT2D eigenvalue weighted by molar-refractivity contribution is 5.99. The van der Waals surface area contributed by atoms with Crippen molar-refractivity contribution in [1.29, 1.82) is 0 Å². The quantitative estimate of drug-likeness (QED) is 0.692. The van der Waals surface area contributed by atoms with Crippen molar-refractivity contribution in [1.82, 2.24) is 5.43 Å². The maximum atomic E-state index is 12.2. The van der Waals surface area contributed by atoms with Crippen LogP contribution in [0.15, 0.2) is 53.6 Å². The van der Waals surface area contributed by atoms with Crippen LogP contribution in [0.1, 0.15) is 12.5 Å². The minimum Gasteiger partial charge on any atom is -0.497 e. The summed E-state index contributed by atoms with van der Waals surface area (Å²) in [6.07, 6.45) is -0.734. The molecule has 6 heteroatoms. The third kappa shape index (κ3) is 3.48. The molecule has 0 fully saturated rings. The Labute approximate surface area is 140 Å². The Bertz CT molecular complexity index is 773. The van der Waals surface area contributed by atoms with Crippen LogP contribution in [0.3, 0.4) is 0 Å². The molecule has 2 aromatic carbocycles. The number of nitrogens with one attached hydrogen (secondary N) is 1. The van der Waals surface area contributed by atoms with Crippen molar-refractivity contribution in [2.24, 2.45) is 5.10 Å². The fraction of sp³-hybridized carbons (Fsp3) is 0.222. The summed E-state index contributed by atoms with van der Waals surface area (Å²) in [5.41, 5.74) is 4.05. The van der Waals surface area contributed by atoms with Crippen LogP contribution in [0.25, 0.3) is 0 Å². The molecule has 0 spiro atoms. The summed E-state index contributed by atoms with van der Waals surface area (Å²) in [5.74, 6) is 1.57.